The topological polar surface area (TPSA) is 89.5 Å². The van der Waals surface area contributed by atoms with Crippen molar-refractivity contribution in [1.29, 1.82) is 0 Å². The molecule has 4 heterocycles. The van der Waals surface area contributed by atoms with Crippen LogP contribution in [0, 0.1) is 23.6 Å². The largest absolute Gasteiger partial charge is 0.493 e. The molecular weight excluding hydrogens is 499 g/mol. The third kappa shape index (κ3) is 5.79. The highest BCUT2D eigenvalue weighted by Gasteiger charge is 2.43. The Kier molecular flexibility index (Phi) is 7.27. The van der Waals surface area contributed by atoms with Gasteiger partial charge >= 0.3 is 6.01 Å². The minimum Gasteiger partial charge on any atom is -0.493 e. The van der Waals surface area contributed by atoms with Crippen molar-refractivity contribution in [3.05, 3.63) is 53.9 Å². The van der Waals surface area contributed by atoms with Crippen LogP contribution in [0.2, 0.25) is 0 Å². The van der Waals surface area contributed by atoms with Crippen LogP contribution in [0.4, 0.5) is 10.4 Å². The first-order chi connectivity index (χ1) is 18.9. The molecular formula is C29H37FN6O3. The number of aromatic nitrogens is 4. The second kappa shape index (κ2) is 11.0. The van der Waals surface area contributed by atoms with Gasteiger partial charge < -0.3 is 19.1 Å². The predicted molar refractivity (Wildman–Crippen MR) is 143 cm³/mol. The Hall–Kier alpha value is -3.43. The van der Waals surface area contributed by atoms with Gasteiger partial charge in [0.1, 0.15) is 11.6 Å². The summed E-state index contributed by atoms with van der Waals surface area (Å²) in [5.41, 5.74) is 0.407. The van der Waals surface area contributed by atoms with Gasteiger partial charge in [-0.15, -0.1) is 0 Å². The van der Waals surface area contributed by atoms with Gasteiger partial charge in [0.15, 0.2) is 5.82 Å². The molecule has 1 saturated carbocycles. The van der Waals surface area contributed by atoms with Gasteiger partial charge in [0.2, 0.25) is 5.91 Å². The van der Waals surface area contributed by atoms with E-state index in [2.05, 4.69) is 34.0 Å². The number of amides is 1. The molecule has 1 aliphatic carbocycles. The van der Waals surface area contributed by atoms with Gasteiger partial charge in [-0.05, 0) is 61.1 Å². The third-order valence-corrected chi connectivity index (χ3v) is 8.58. The van der Waals surface area contributed by atoms with Crippen LogP contribution in [0.5, 0.6) is 5.75 Å². The lowest BCUT2D eigenvalue weighted by Crippen LogP contribution is -2.51. The van der Waals surface area contributed by atoms with Crippen LogP contribution in [0.1, 0.15) is 62.9 Å². The number of rotatable bonds is 10. The van der Waals surface area contributed by atoms with E-state index in [1.165, 1.54) is 12.5 Å². The lowest BCUT2D eigenvalue weighted by Gasteiger charge is -2.39. The van der Waals surface area contributed by atoms with Crippen molar-refractivity contribution in [2.24, 2.45) is 17.8 Å². The standard InChI is InChI=1S/C29H37FN6O3/c1-19(2)28-32-29(39-33-28)34-11-6-20(7-12-34)25-14-21(25)8-13-38-24-5-4-22(26(30)16-24)15-27(37)35-17-23(18-35)36-10-3-9-31-36/h3-5,9-10,16,19-21,23,25H,6-8,11-15,17-18H2,1-2H3/t21?,25-/m1/s1. The van der Waals surface area contributed by atoms with Crippen LogP contribution in [-0.4, -0.2) is 63.5 Å². The average molecular weight is 537 g/mol. The first-order valence-corrected chi connectivity index (χ1v) is 14.2. The monoisotopic (exact) mass is 536 g/mol. The van der Waals surface area contributed by atoms with E-state index in [4.69, 9.17) is 9.26 Å². The number of halogens is 1. The number of hydrogen-bond donors (Lipinski definition) is 0. The first kappa shape index (κ1) is 25.8. The van der Waals surface area contributed by atoms with Gasteiger partial charge in [0, 0.05) is 50.6 Å². The Labute approximate surface area is 228 Å². The minimum absolute atomic E-state index is 0.0611. The molecule has 2 aliphatic heterocycles. The van der Waals surface area contributed by atoms with Crippen molar-refractivity contribution in [3.63, 3.8) is 0 Å². The number of benzene rings is 1. The maximum Gasteiger partial charge on any atom is 0.324 e. The molecule has 2 atom stereocenters. The van der Waals surface area contributed by atoms with E-state index in [-0.39, 0.29) is 30.1 Å². The van der Waals surface area contributed by atoms with Crippen LogP contribution in [0.25, 0.3) is 0 Å². The predicted octanol–water partition coefficient (Wildman–Crippen LogP) is 4.48. The van der Waals surface area contributed by atoms with Gasteiger partial charge in [-0.3, -0.25) is 9.48 Å². The molecule has 0 radical (unpaired) electrons. The number of carbonyl (C=O) groups excluding carboxylic acids is 1. The zero-order chi connectivity index (χ0) is 26.9. The van der Waals surface area contributed by atoms with E-state index in [0.29, 0.717) is 42.9 Å². The van der Waals surface area contributed by atoms with E-state index in [9.17, 15) is 9.18 Å². The summed E-state index contributed by atoms with van der Waals surface area (Å²) in [6.45, 7) is 7.87. The zero-order valence-electron chi connectivity index (χ0n) is 22.7. The SMILES string of the molecule is CC(C)c1noc(N2CCC([C@H]3CC3CCOc3ccc(CC(=O)N4CC(n5cccn5)C4)c(F)c3)CC2)n1. The van der Waals surface area contributed by atoms with Crippen molar-refractivity contribution in [3.8, 4) is 5.75 Å². The summed E-state index contributed by atoms with van der Waals surface area (Å²) in [5, 5.41) is 8.31. The number of ether oxygens (including phenoxy) is 1. The second-order valence-corrected chi connectivity index (χ2v) is 11.6. The molecule has 2 saturated heterocycles. The van der Waals surface area contributed by atoms with Crippen molar-refractivity contribution in [1.82, 2.24) is 24.8 Å². The maximum atomic E-state index is 14.7. The summed E-state index contributed by atoms with van der Waals surface area (Å²) >= 11 is 0. The van der Waals surface area contributed by atoms with Crippen LogP contribution in [-0.2, 0) is 11.2 Å². The molecule has 39 heavy (non-hydrogen) atoms. The Bertz CT molecular complexity index is 1260. The zero-order valence-corrected chi connectivity index (χ0v) is 22.7. The average Bonchev–Trinajstić information content (AvgIpc) is 3.26. The van der Waals surface area contributed by atoms with Gasteiger partial charge in [-0.2, -0.15) is 10.1 Å². The Morgan fingerprint density at radius 2 is 2.05 bits per heavy atom. The summed E-state index contributed by atoms with van der Waals surface area (Å²) in [6.07, 6.45) is 8.23. The fourth-order valence-corrected chi connectivity index (χ4v) is 5.98. The van der Waals surface area contributed by atoms with Crippen molar-refractivity contribution in [2.75, 3.05) is 37.7 Å². The van der Waals surface area contributed by atoms with E-state index in [1.54, 1.807) is 23.2 Å². The quantitative estimate of drug-likeness (QED) is 0.378. The first-order valence-electron chi connectivity index (χ1n) is 14.2. The summed E-state index contributed by atoms with van der Waals surface area (Å²) in [5.74, 6) is 3.28. The minimum atomic E-state index is -0.386. The van der Waals surface area contributed by atoms with E-state index in [1.807, 2.05) is 16.9 Å². The van der Waals surface area contributed by atoms with Crippen molar-refractivity contribution < 1.29 is 18.4 Å². The van der Waals surface area contributed by atoms with Crippen LogP contribution < -0.4 is 9.64 Å². The number of nitrogens with zero attached hydrogens (tertiary/aromatic N) is 6. The van der Waals surface area contributed by atoms with Crippen molar-refractivity contribution >= 4 is 11.9 Å². The summed E-state index contributed by atoms with van der Waals surface area (Å²) in [7, 11) is 0. The van der Waals surface area contributed by atoms with Gasteiger partial charge in [0.05, 0.1) is 19.1 Å². The molecule has 1 unspecified atom stereocenters. The van der Waals surface area contributed by atoms with E-state index in [0.717, 1.165) is 50.0 Å². The Morgan fingerprint density at radius 1 is 1.23 bits per heavy atom. The molecule has 0 N–H and O–H groups in total. The van der Waals surface area contributed by atoms with Gasteiger partial charge in [0.25, 0.3) is 0 Å². The summed E-state index contributed by atoms with van der Waals surface area (Å²) < 4.78 is 27.9. The van der Waals surface area contributed by atoms with Gasteiger partial charge in [-0.25, -0.2) is 4.39 Å². The van der Waals surface area contributed by atoms with Crippen LogP contribution in [0.3, 0.4) is 0 Å². The molecule has 3 aromatic rings. The molecule has 1 aromatic carbocycles. The number of carbonyl (C=O) groups is 1. The smallest absolute Gasteiger partial charge is 0.324 e. The number of likely N-dealkylation sites (tertiary alicyclic amines) is 1. The third-order valence-electron chi connectivity index (χ3n) is 8.58. The molecule has 0 spiro atoms. The number of hydrogen-bond acceptors (Lipinski definition) is 7. The highest BCUT2D eigenvalue weighted by molar-refractivity contribution is 5.79. The van der Waals surface area contributed by atoms with Crippen molar-refractivity contribution in [2.45, 2.75) is 57.9 Å². The lowest BCUT2D eigenvalue weighted by atomic mass is 9.90. The van der Waals surface area contributed by atoms with E-state index >= 15 is 0 Å². The highest BCUT2D eigenvalue weighted by Crippen LogP contribution is 2.50. The molecule has 9 nitrogen and oxygen atoms in total. The van der Waals surface area contributed by atoms with Crippen LogP contribution >= 0.6 is 0 Å². The van der Waals surface area contributed by atoms with Gasteiger partial charge in [-0.1, -0.05) is 25.1 Å². The molecule has 3 fully saturated rings. The molecule has 0 bridgehead atoms. The van der Waals surface area contributed by atoms with E-state index < -0.39 is 0 Å². The molecule has 6 rings (SSSR count). The molecule has 1 amide bonds. The fraction of sp³-hybridized carbons (Fsp3) is 0.586. The molecule has 208 valence electrons. The normalized spacial score (nSPS) is 21.8. The number of anilines is 1. The number of piperidine rings is 1. The maximum absolute atomic E-state index is 14.7. The highest BCUT2D eigenvalue weighted by atomic mass is 19.1. The Morgan fingerprint density at radius 3 is 2.74 bits per heavy atom. The molecule has 3 aliphatic rings. The second-order valence-electron chi connectivity index (χ2n) is 11.6. The Balaban J connectivity index is 0.896. The molecule has 2 aromatic heterocycles. The summed E-state index contributed by atoms with van der Waals surface area (Å²) in [6, 6.07) is 7.59. The van der Waals surface area contributed by atoms with Crippen LogP contribution in [0.15, 0.2) is 41.2 Å². The summed E-state index contributed by atoms with van der Waals surface area (Å²) in [4.78, 5) is 21.1. The lowest BCUT2D eigenvalue weighted by molar-refractivity contribution is -0.136. The molecule has 10 heteroatoms. The fourth-order valence-electron chi connectivity index (χ4n) is 5.98.